The van der Waals surface area contributed by atoms with Gasteiger partial charge in [0.05, 0.1) is 5.56 Å². The molecule has 0 spiro atoms. The lowest BCUT2D eigenvalue weighted by molar-refractivity contribution is 0.100. The van der Waals surface area contributed by atoms with E-state index in [9.17, 15) is 4.79 Å². The number of hydrogen-bond acceptors (Lipinski definition) is 5. The van der Waals surface area contributed by atoms with Crippen LogP contribution in [-0.2, 0) is 0 Å². The van der Waals surface area contributed by atoms with Crippen molar-refractivity contribution in [3.05, 3.63) is 23.9 Å². The number of carbonyl (C=O) groups is 1. The number of primary amides is 1. The Morgan fingerprint density at radius 3 is 3.00 bits per heavy atom. The molecule has 0 bridgehead atoms. The van der Waals surface area contributed by atoms with Crippen molar-refractivity contribution in [1.29, 1.82) is 0 Å². The van der Waals surface area contributed by atoms with Crippen LogP contribution in [-0.4, -0.2) is 31.5 Å². The van der Waals surface area contributed by atoms with Crippen molar-refractivity contribution in [2.24, 2.45) is 5.73 Å². The number of aromatic amines is 1. The highest BCUT2D eigenvalue weighted by molar-refractivity contribution is 5.97. The molecule has 7 nitrogen and oxygen atoms in total. The van der Waals surface area contributed by atoms with Gasteiger partial charge in [-0.05, 0) is 22.6 Å². The van der Waals surface area contributed by atoms with E-state index in [0.717, 1.165) is 0 Å². The average Bonchev–Trinajstić information content (AvgIpc) is 2.70. The maximum Gasteiger partial charge on any atom is 0.251 e. The molecule has 70 valence electrons. The Hall–Kier alpha value is -2.31. The van der Waals surface area contributed by atoms with Crippen LogP contribution in [0.15, 0.2) is 18.3 Å². The minimum absolute atomic E-state index is 0.283. The first-order chi connectivity index (χ1) is 6.79. The number of carbonyl (C=O) groups excluding carboxylic acids is 1. The minimum Gasteiger partial charge on any atom is -0.366 e. The van der Waals surface area contributed by atoms with Crippen molar-refractivity contribution in [2.45, 2.75) is 0 Å². The van der Waals surface area contributed by atoms with Gasteiger partial charge in [-0.2, -0.15) is 0 Å². The van der Waals surface area contributed by atoms with E-state index < -0.39 is 5.91 Å². The highest BCUT2D eigenvalue weighted by atomic mass is 16.1. The van der Waals surface area contributed by atoms with Gasteiger partial charge in [0, 0.05) is 6.20 Å². The lowest BCUT2D eigenvalue weighted by Crippen LogP contribution is -2.13. The number of H-pyrrole nitrogens is 1. The fourth-order valence-electron chi connectivity index (χ4n) is 1.05. The van der Waals surface area contributed by atoms with Gasteiger partial charge in [0.2, 0.25) is 0 Å². The lowest BCUT2D eigenvalue weighted by Gasteiger charge is -1.99. The Labute approximate surface area is 78.3 Å². The molecule has 2 aromatic heterocycles. The number of nitrogens with one attached hydrogen (secondary N) is 1. The molecular weight excluding hydrogens is 184 g/mol. The third-order valence-corrected chi connectivity index (χ3v) is 1.64. The summed E-state index contributed by atoms with van der Waals surface area (Å²) in [5.74, 6) is -0.246. The van der Waals surface area contributed by atoms with Gasteiger partial charge in [-0.1, -0.05) is 0 Å². The van der Waals surface area contributed by atoms with Gasteiger partial charge in [-0.15, -0.1) is 5.10 Å². The Balaban J connectivity index is 2.58. The molecule has 0 atom stereocenters. The van der Waals surface area contributed by atoms with Crippen molar-refractivity contribution in [2.75, 3.05) is 0 Å². The largest absolute Gasteiger partial charge is 0.366 e. The molecule has 2 rings (SSSR count). The molecule has 7 heteroatoms. The Morgan fingerprint density at radius 1 is 1.50 bits per heavy atom. The van der Waals surface area contributed by atoms with Gasteiger partial charge in [-0.25, -0.2) is 5.10 Å². The lowest BCUT2D eigenvalue weighted by atomic mass is 10.2. The van der Waals surface area contributed by atoms with Crippen LogP contribution in [0.5, 0.6) is 0 Å². The van der Waals surface area contributed by atoms with E-state index in [1.807, 2.05) is 0 Å². The summed E-state index contributed by atoms with van der Waals surface area (Å²) in [5, 5.41) is 12.9. The van der Waals surface area contributed by atoms with E-state index in [0.29, 0.717) is 11.5 Å². The molecule has 0 saturated heterocycles. The smallest absolute Gasteiger partial charge is 0.251 e. The highest BCUT2D eigenvalue weighted by Crippen LogP contribution is 2.14. The molecule has 1 amide bonds. The molecular formula is C7H6N6O. The van der Waals surface area contributed by atoms with Crippen LogP contribution in [0.2, 0.25) is 0 Å². The molecule has 14 heavy (non-hydrogen) atoms. The van der Waals surface area contributed by atoms with Crippen LogP contribution in [0.4, 0.5) is 0 Å². The molecule has 0 radical (unpaired) electrons. The summed E-state index contributed by atoms with van der Waals surface area (Å²) in [6.45, 7) is 0. The molecule has 0 saturated carbocycles. The van der Waals surface area contributed by atoms with Crippen LogP contribution in [0, 0.1) is 0 Å². The fourth-order valence-corrected chi connectivity index (χ4v) is 1.05. The summed E-state index contributed by atoms with van der Waals surface area (Å²) < 4.78 is 0. The van der Waals surface area contributed by atoms with E-state index in [-0.39, 0.29) is 5.56 Å². The molecule has 0 unspecified atom stereocenters. The summed E-state index contributed by atoms with van der Waals surface area (Å²) in [4.78, 5) is 15.0. The van der Waals surface area contributed by atoms with E-state index in [1.54, 1.807) is 12.1 Å². The maximum atomic E-state index is 11.0. The maximum absolute atomic E-state index is 11.0. The van der Waals surface area contributed by atoms with E-state index >= 15 is 0 Å². The van der Waals surface area contributed by atoms with Crippen molar-refractivity contribution in [3.63, 3.8) is 0 Å². The second-order valence-electron chi connectivity index (χ2n) is 2.51. The Bertz CT molecular complexity index is 451. The third kappa shape index (κ3) is 1.30. The summed E-state index contributed by atoms with van der Waals surface area (Å²) in [6.07, 6.45) is 1.53. The number of aromatic nitrogens is 5. The number of amides is 1. The summed E-state index contributed by atoms with van der Waals surface area (Å²) in [6, 6.07) is 3.18. The van der Waals surface area contributed by atoms with Gasteiger partial charge < -0.3 is 5.73 Å². The summed E-state index contributed by atoms with van der Waals surface area (Å²) in [7, 11) is 0. The predicted molar refractivity (Wildman–Crippen MR) is 45.9 cm³/mol. The first-order valence-electron chi connectivity index (χ1n) is 3.78. The standard InChI is InChI=1S/C7H6N6O/c8-6(14)4-2-1-3-9-5(4)7-10-12-13-11-7/h1-3H,(H2,8,14)(H,10,11,12,13). The zero-order valence-electron chi connectivity index (χ0n) is 7.01. The first kappa shape index (κ1) is 8.30. The first-order valence-corrected chi connectivity index (χ1v) is 3.78. The van der Waals surface area contributed by atoms with Crippen molar-refractivity contribution >= 4 is 5.91 Å². The molecule has 0 aromatic carbocycles. The fraction of sp³-hybridized carbons (Fsp3) is 0. The zero-order chi connectivity index (χ0) is 9.97. The van der Waals surface area contributed by atoms with Crippen molar-refractivity contribution in [3.8, 4) is 11.5 Å². The number of pyridine rings is 1. The van der Waals surface area contributed by atoms with Crippen LogP contribution in [0.1, 0.15) is 10.4 Å². The number of nitrogens with two attached hydrogens (primary N) is 1. The van der Waals surface area contributed by atoms with E-state index in [2.05, 4.69) is 25.6 Å². The van der Waals surface area contributed by atoms with E-state index in [4.69, 9.17) is 5.73 Å². The SMILES string of the molecule is NC(=O)c1cccnc1-c1nnn[nH]1. The van der Waals surface area contributed by atoms with Crippen molar-refractivity contribution < 1.29 is 4.79 Å². The Kier molecular flexibility index (Phi) is 1.90. The predicted octanol–water partition coefficient (Wildman–Crippen LogP) is -0.639. The van der Waals surface area contributed by atoms with Gasteiger partial charge in [0.15, 0.2) is 5.82 Å². The molecule has 3 N–H and O–H groups in total. The second kappa shape index (κ2) is 3.21. The third-order valence-electron chi connectivity index (χ3n) is 1.64. The van der Waals surface area contributed by atoms with Gasteiger partial charge in [0.25, 0.3) is 5.91 Å². The zero-order valence-corrected chi connectivity index (χ0v) is 7.01. The van der Waals surface area contributed by atoms with Crippen LogP contribution < -0.4 is 5.73 Å². The van der Waals surface area contributed by atoms with Crippen LogP contribution in [0.3, 0.4) is 0 Å². The highest BCUT2D eigenvalue weighted by Gasteiger charge is 2.12. The molecule has 2 heterocycles. The van der Waals surface area contributed by atoms with Gasteiger partial charge in [-0.3, -0.25) is 9.78 Å². The average molecular weight is 190 g/mol. The van der Waals surface area contributed by atoms with Gasteiger partial charge in [0.1, 0.15) is 5.69 Å². The van der Waals surface area contributed by atoms with Gasteiger partial charge >= 0.3 is 0 Å². The quantitative estimate of drug-likeness (QED) is 0.654. The van der Waals surface area contributed by atoms with Crippen LogP contribution in [0.25, 0.3) is 11.5 Å². The monoisotopic (exact) mass is 190 g/mol. The molecule has 0 aliphatic carbocycles. The number of nitrogens with zero attached hydrogens (tertiary/aromatic N) is 4. The summed E-state index contributed by atoms with van der Waals surface area (Å²) >= 11 is 0. The molecule has 2 aromatic rings. The van der Waals surface area contributed by atoms with Crippen LogP contribution >= 0.6 is 0 Å². The van der Waals surface area contributed by atoms with E-state index in [1.165, 1.54) is 6.20 Å². The normalized spacial score (nSPS) is 10.0. The second-order valence-corrected chi connectivity index (χ2v) is 2.51. The van der Waals surface area contributed by atoms with Crippen molar-refractivity contribution in [1.82, 2.24) is 25.6 Å². The number of hydrogen-bond donors (Lipinski definition) is 2. The number of rotatable bonds is 2. The molecule has 0 aliphatic heterocycles. The summed E-state index contributed by atoms with van der Waals surface area (Å²) in [5.41, 5.74) is 5.79. The minimum atomic E-state index is -0.565. The topological polar surface area (TPSA) is 110 Å². The molecule has 0 fully saturated rings. The Morgan fingerprint density at radius 2 is 2.36 bits per heavy atom. The molecule has 0 aliphatic rings. The number of tetrazole rings is 1.